The topological polar surface area (TPSA) is 37.3 Å². The van der Waals surface area contributed by atoms with Crippen LogP contribution < -0.4 is 0 Å². The van der Waals surface area contributed by atoms with Crippen LogP contribution in [0.5, 0.6) is 0 Å². The fraction of sp³-hybridized carbons (Fsp3) is 0.500. The van der Waals surface area contributed by atoms with Crippen LogP contribution in [-0.2, 0) is 23.1 Å². The van der Waals surface area contributed by atoms with Crippen LogP contribution in [0.4, 0.5) is 0 Å². The number of carboxylic acids is 1. The van der Waals surface area contributed by atoms with Crippen molar-refractivity contribution in [3.63, 3.8) is 0 Å². The first kappa shape index (κ1) is 11.3. The average molecular weight is 295 g/mol. The number of rotatable bonds is 3. The largest absolute Gasteiger partial charge is 0.481 e. The van der Waals surface area contributed by atoms with Crippen molar-refractivity contribution in [2.75, 3.05) is 0 Å². The molecule has 0 heterocycles. The van der Waals surface area contributed by atoms with Gasteiger partial charge in [-0.15, -0.1) is 0 Å². The van der Waals surface area contributed by atoms with Gasteiger partial charge in [0, 0.05) is 9.89 Å². The minimum absolute atomic E-state index is 0.0635. The number of hydrogen-bond acceptors (Lipinski definition) is 1. The van der Waals surface area contributed by atoms with Crippen molar-refractivity contribution in [3.8, 4) is 0 Å². The Morgan fingerprint density at radius 1 is 1.35 bits per heavy atom. The van der Waals surface area contributed by atoms with Gasteiger partial charge in [-0.2, -0.15) is 0 Å². The summed E-state index contributed by atoms with van der Waals surface area (Å²) in [6.07, 6.45) is 5.84. The van der Waals surface area contributed by atoms with Gasteiger partial charge in [0.2, 0.25) is 0 Å². The van der Waals surface area contributed by atoms with Crippen LogP contribution in [0.2, 0.25) is 0 Å². The molecule has 2 aliphatic carbocycles. The summed E-state index contributed by atoms with van der Waals surface area (Å²) in [5, 5.41) is 9.00. The second kappa shape index (κ2) is 3.84. The van der Waals surface area contributed by atoms with Gasteiger partial charge >= 0.3 is 5.97 Å². The zero-order chi connectivity index (χ0) is 12.0. The summed E-state index contributed by atoms with van der Waals surface area (Å²) in [7, 11) is 0. The third-order valence-corrected chi connectivity index (χ3v) is 4.82. The maximum atomic E-state index is 10.9. The number of fused-ring (bicyclic) bond motifs is 1. The molecule has 0 unspecified atom stereocenters. The number of benzene rings is 1. The van der Waals surface area contributed by atoms with Gasteiger partial charge < -0.3 is 5.11 Å². The monoisotopic (exact) mass is 294 g/mol. The van der Waals surface area contributed by atoms with Gasteiger partial charge in [0.15, 0.2) is 0 Å². The zero-order valence-corrected chi connectivity index (χ0v) is 11.2. The molecule has 90 valence electrons. The highest BCUT2D eigenvalue weighted by atomic mass is 79.9. The smallest absolute Gasteiger partial charge is 0.304 e. The third-order valence-electron chi connectivity index (χ3n) is 4.12. The van der Waals surface area contributed by atoms with E-state index in [-0.39, 0.29) is 11.8 Å². The average Bonchev–Trinajstić information content (AvgIpc) is 2.87. The highest BCUT2D eigenvalue weighted by molar-refractivity contribution is 9.10. The lowest BCUT2D eigenvalue weighted by Crippen LogP contribution is -2.13. The summed E-state index contributed by atoms with van der Waals surface area (Å²) >= 11 is 3.64. The Balaban J connectivity index is 1.99. The van der Waals surface area contributed by atoms with Gasteiger partial charge in [-0.3, -0.25) is 4.79 Å². The Hall–Kier alpha value is -0.830. The summed E-state index contributed by atoms with van der Waals surface area (Å²) in [5.74, 6) is -0.681. The second-order valence-corrected chi connectivity index (χ2v) is 6.15. The predicted molar refractivity (Wildman–Crippen MR) is 69.3 cm³/mol. The molecule has 1 saturated carbocycles. The van der Waals surface area contributed by atoms with Crippen LogP contribution in [0.25, 0.3) is 0 Å². The highest BCUT2D eigenvalue weighted by Gasteiger charge is 2.46. The Labute approximate surface area is 109 Å². The van der Waals surface area contributed by atoms with E-state index in [0.29, 0.717) is 0 Å². The molecule has 1 aromatic rings. The van der Waals surface area contributed by atoms with E-state index in [2.05, 4.69) is 28.1 Å². The number of carboxylic acid groups (broad SMARTS) is 1. The molecule has 1 N–H and O–H groups in total. The number of aryl methyl sites for hydroxylation is 1. The van der Waals surface area contributed by atoms with Gasteiger partial charge in [0.1, 0.15) is 0 Å². The molecule has 2 aliphatic rings. The highest BCUT2D eigenvalue weighted by Crippen LogP contribution is 2.52. The lowest BCUT2D eigenvalue weighted by molar-refractivity contribution is -0.137. The van der Waals surface area contributed by atoms with Crippen LogP contribution >= 0.6 is 15.9 Å². The van der Waals surface area contributed by atoms with Crippen LogP contribution in [0, 0.1) is 0 Å². The summed E-state index contributed by atoms with van der Waals surface area (Å²) in [4.78, 5) is 10.9. The molecule has 0 spiro atoms. The molecule has 0 aromatic heterocycles. The Morgan fingerprint density at radius 3 is 2.76 bits per heavy atom. The number of carbonyl (C=O) groups is 1. The van der Waals surface area contributed by atoms with Crippen molar-refractivity contribution in [2.45, 2.75) is 43.9 Å². The molecular formula is C14H15BrO2. The first-order valence-corrected chi connectivity index (χ1v) is 6.94. The third kappa shape index (κ3) is 1.90. The zero-order valence-electron chi connectivity index (χ0n) is 9.63. The molecule has 0 aliphatic heterocycles. The fourth-order valence-corrected chi connectivity index (χ4v) is 3.67. The standard InChI is InChI=1S/C14H15BrO2/c15-12-7-10(6-9-2-1-3-11(9)12)14(4-5-14)8-13(16)17/h6-7H,1-5,8H2,(H,16,17). The van der Waals surface area contributed by atoms with Crippen molar-refractivity contribution in [3.05, 3.63) is 33.3 Å². The minimum atomic E-state index is -0.681. The van der Waals surface area contributed by atoms with E-state index in [1.54, 1.807) is 0 Å². The van der Waals surface area contributed by atoms with Gasteiger partial charge in [0.05, 0.1) is 6.42 Å². The van der Waals surface area contributed by atoms with Crippen LogP contribution in [0.1, 0.15) is 42.4 Å². The van der Waals surface area contributed by atoms with Crippen molar-refractivity contribution < 1.29 is 9.90 Å². The van der Waals surface area contributed by atoms with E-state index in [1.165, 1.54) is 27.6 Å². The van der Waals surface area contributed by atoms with Gasteiger partial charge in [0.25, 0.3) is 0 Å². The summed E-state index contributed by atoms with van der Waals surface area (Å²) in [5.41, 5.74) is 4.02. The van der Waals surface area contributed by atoms with E-state index >= 15 is 0 Å². The Bertz CT molecular complexity index is 489. The van der Waals surface area contributed by atoms with Crippen LogP contribution in [0.15, 0.2) is 16.6 Å². The molecule has 0 saturated heterocycles. The molecular weight excluding hydrogens is 280 g/mol. The number of halogens is 1. The van der Waals surface area contributed by atoms with Crippen molar-refractivity contribution >= 4 is 21.9 Å². The molecule has 0 bridgehead atoms. The first-order chi connectivity index (χ1) is 8.11. The molecule has 3 rings (SSSR count). The fourth-order valence-electron chi connectivity index (χ4n) is 2.97. The second-order valence-electron chi connectivity index (χ2n) is 5.30. The summed E-state index contributed by atoms with van der Waals surface area (Å²) in [6.45, 7) is 0. The first-order valence-electron chi connectivity index (χ1n) is 6.14. The normalized spacial score (nSPS) is 20.1. The van der Waals surface area contributed by atoms with E-state index in [0.717, 1.165) is 25.7 Å². The van der Waals surface area contributed by atoms with Gasteiger partial charge in [-0.05, 0) is 54.9 Å². The lowest BCUT2D eigenvalue weighted by atomic mass is 9.90. The summed E-state index contributed by atoms with van der Waals surface area (Å²) < 4.78 is 1.18. The minimum Gasteiger partial charge on any atom is -0.481 e. The molecule has 17 heavy (non-hydrogen) atoms. The predicted octanol–water partition coefficient (Wildman–Crippen LogP) is 3.44. The quantitative estimate of drug-likeness (QED) is 0.927. The molecule has 3 heteroatoms. The number of hydrogen-bond donors (Lipinski definition) is 1. The molecule has 0 amide bonds. The maximum Gasteiger partial charge on any atom is 0.304 e. The Kier molecular flexibility index (Phi) is 2.54. The molecule has 1 aromatic carbocycles. The van der Waals surface area contributed by atoms with Crippen molar-refractivity contribution in [1.82, 2.24) is 0 Å². The SMILES string of the molecule is O=C(O)CC1(c2cc(Br)c3c(c2)CCC3)CC1. The van der Waals surface area contributed by atoms with Gasteiger partial charge in [-0.1, -0.05) is 22.0 Å². The molecule has 2 nitrogen and oxygen atoms in total. The van der Waals surface area contributed by atoms with E-state index in [1.807, 2.05) is 0 Å². The van der Waals surface area contributed by atoms with E-state index < -0.39 is 5.97 Å². The van der Waals surface area contributed by atoms with Gasteiger partial charge in [-0.25, -0.2) is 0 Å². The molecule has 1 fully saturated rings. The molecule has 0 radical (unpaired) electrons. The van der Waals surface area contributed by atoms with Crippen molar-refractivity contribution in [1.29, 1.82) is 0 Å². The summed E-state index contributed by atoms with van der Waals surface area (Å²) in [6, 6.07) is 4.41. The van der Waals surface area contributed by atoms with Crippen LogP contribution in [0.3, 0.4) is 0 Å². The maximum absolute atomic E-state index is 10.9. The van der Waals surface area contributed by atoms with Crippen LogP contribution in [-0.4, -0.2) is 11.1 Å². The van der Waals surface area contributed by atoms with E-state index in [4.69, 9.17) is 5.11 Å². The number of aliphatic carboxylic acids is 1. The van der Waals surface area contributed by atoms with E-state index in [9.17, 15) is 4.79 Å². The lowest BCUT2D eigenvalue weighted by Gasteiger charge is -2.16. The molecule has 0 atom stereocenters. The van der Waals surface area contributed by atoms with Crippen molar-refractivity contribution in [2.24, 2.45) is 0 Å². The Morgan fingerprint density at radius 2 is 2.12 bits per heavy atom.